The van der Waals surface area contributed by atoms with Crippen LogP contribution < -0.4 is 5.32 Å². The number of hydrogen-bond donors (Lipinski definition) is 2. The number of nitrogens with zero attached hydrogens (tertiary/aromatic N) is 1. The van der Waals surface area contributed by atoms with E-state index in [1.54, 1.807) is 0 Å². The third-order valence-corrected chi connectivity index (χ3v) is 3.62. The van der Waals surface area contributed by atoms with Crippen LogP contribution in [0.2, 0.25) is 0 Å². The lowest BCUT2D eigenvalue weighted by atomic mass is 9.97. The smallest absolute Gasteiger partial charge is 0.0449 e. The Kier molecular flexibility index (Phi) is 4.75. The number of benzene rings is 1. The van der Waals surface area contributed by atoms with Crippen molar-refractivity contribution in [2.45, 2.75) is 26.3 Å². The van der Waals surface area contributed by atoms with Gasteiger partial charge in [-0.05, 0) is 25.8 Å². The number of hydrogen-bond acceptors (Lipinski definition) is 3. The molecule has 1 atom stereocenters. The molecule has 3 heteroatoms. The van der Waals surface area contributed by atoms with Crippen LogP contribution in [-0.2, 0) is 0 Å². The van der Waals surface area contributed by atoms with Gasteiger partial charge in [0.15, 0.2) is 0 Å². The minimum atomic E-state index is 0.252. The van der Waals surface area contributed by atoms with E-state index in [-0.39, 0.29) is 6.61 Å². The highest BCUT2D eigenvalue weighted by Crippen LogP contribution is 2.26. The van der Waals surface area contributed by atoms with Crippen LogP contribution in [0.1, 0.15) is 29.2 Å². The maximum atomic E-state index is 9.32. The molecule has 0 spiro atoms. The van der Waals surface area contributed by atoms with E-state index in [0.717, 1.165) is 32.6 Å². The maximum absolute atomic E-state index is 9.32. The molecule has 1 aromatic rings. The van der Waals surface area contributed by atoms with Gasteiger partial charge in [0, 0.05) is 38.8 Å². The van der Waals surface area contributed by atoms with Crippen LogP contribution in [0.25, 0.3) is 0 Å². The molecular weight excluding hydrogens is 224 g/mol. The molecule has 18 heavy (non-hydrogen) atoms. The van der Waals surface area contributed by atoms with Gasteiger partial charge in [0.1, 0.15) is 0 Å². The van der Waals surface area contributed by atoms with Crippen molar-refractivity contribution in [2.75, 3.05) is 32.8 Å². The van der Waals surface area contributed by atoms with Crippen molar-refractivity contribution < 1.29 is 5.11 Å². The summed E-state index contributed by atoms with van der Waals surface area (Å²) < 4.78 is 0. The first-order valence-corrected chi connectivity index (χ1v) is 6.84. The fraction of sp³-hybridized carbons (Fsp3) is 0.600. The molecule has 0 aliphatic carbocycles. The van der Waals surface area contributed by atoms with Gasteiger partial charge >= 0.3 is 0 Å². The molecule has 2 rings (SSSR count). The van der Waals surface area contributed by atoms with E-state index in [9.17, 15) is 5.11 Å². The number of aryl methyl sites for hydroxylation is 2. The van der Waals surface area contributed by atoms with Crippen LogP contribution in [0.3, 0.4) is 0 Å². The van der Waals surface area contributed by atoms with Crippen molar-refractivity contribution in [1.29, 1.82) is 0 Å². The second-order valence-corrected chi connectivity index (χ2v) is 5.24. The van der Waals surface area contributed by atoms with Gasteiger partial charge in [0.05, 0.1) is 0 Å². The molecule has 1 aromatic carbocycles. The lowest BCUT2D eigenvalue weighted by molar-refractivity contribution is 0.141. The van der Waals surface area contributed by atoms with Gasteiger partial charge in [-0.2, -0.15) is 0 Å². The van der Waals surface area contributed by atoms with Crippen LogP contribution >= 0.6 is 0 Å². The average Bonchev–Trinajstić information content (AvgIpc) is 2.36. The van der Waals surface area contributed by atoms with E-state index in [1.807, 2.05) is 0 Å². The minimum absolute atomic E-state index is 0.252. The number of nitrogens with one attached hydrogen (secondary N) is 1. The first kappa shape index (κ1) is 13.5. The quantitative estimate of drug-likeness (QED) is 0.850. The largest absolute Gasteiger partial charge is 0.396 e. The summed E-state index contributed by atoms with van der Waals surface area (Å²) in [4.78, 5) is 2.49. The second kappa shape index (κ2) is 6.32. The molecule has 0 unspecified atom stereocenters. The Morgan fingerprint density at radius 1 is 1.17 bits per heavy atom. The Morgan fingerprint density at radius 2 is 1.78 bits per heavy atom. The fourth-order valence-corrected chi connectivity index (χ4v) is 2.88. The Bertz CT molecular complexity index is 366. The predicted molar refractivity (Wildman–Crippen MR) is 74.8 cm³/mol. The molecule has 1 aliphatic heterocycles. The predicted octanol–water partition coefficient (Wildman–Crippen LogP) is 1.63. The second-order valence-electron chi connectivity index (χ2n) is 5.24. The first-order chi connectivity index (χ1) is 8.70. The van der Waals surface area contributed by atoms with Crippen LogP contribution in [-0.4, -0.2) is 42.8 Å². The molecule has 0 bridgehead atoms. The van der Waals surface area contributed by atoms with Gasteiger partial charge in [-0.3, -0.25) is 4.90 Å². The number of aliphatic hydroxyl groups excluding tert-OH is 1. The SMILES string of the molecule is Cc1cc(C)cc([C@H](CCO)N2CCNCC2)c1. The van der Waals surface area contributed by atoms with Gasteiger partial charge in [0.25, 0.3) is 0 Å². The molecule has 0 saturated carbocycles. The van der Waals surface area contributed by atoms with Crippen molar-refractivity contribution in [3.63, 3.8) is 0 Å². The summed E-state index contributed by atoms with van der Waals surface area (Å²) in [5.41, 5.74) is 3.97. The van der Waals surface area contributed by atoms with E-state index in [0.29, 0.717) is 6.04 Å². The van der Waals surface area contributed by atoms with Gasteiger partial charge in [-0.1, -0.05) is 29.3 Å². The van der Waals surface area contributed by atoms with Gasteiger partial charge in [-0.25, -0.2) is 0 Å². The summed E-state index contributed by atoms with van der Waals surface area (Å²) in [5.74, 6) is 0. The maximum Gasteiger partial charge on any atom is 0.0449 e. The van der Waals surface area contributed by atoms with Crippen molar-refractivity contribution in [3.05, 3.63) is 34.9 Å². The zero-order chi connectivity index (χ0) is 13.0. The van der Waals surface area contributed by atoms with Crippen LogP contribution in [0.15, 0.2) is 18.2 Å². The molecule has 0 amide bonds. The minimum Gasteiger partial charge on any atom is -0.396 e. The zero-order valence-corrected chi connectivity index (χ0v) is 11.4. The molecule has 0 aromatic heterocycles. The Morgan fingerprint density at radius 3 is 2.33 bits per heavy atom. The van der Waals surface area contributed by atoms with Crippen molar-refractivity contribution in [2.24, 2.45) is 0 Å². The lowest BCUT2D eigenvalue weighted by Crippen LogP contribution is -2.45. The summed E-state index contributed by atoms with van der Waals surface area (Å²) >= 11 is 0. The summed E-state index contributed by atoms with van der Waals surface area (Å²) in [6.07, 6.45) is 0.822. The molecule has 1 aliphatic rings. The molecule has 1 fully saturated rings. The lowest BCUT2D eigenvalue weighted by Gasteiger charge is -2.35. The number of aliphatic hydroxyl groups is 1. The Hall–Kier alpha value is -0.900. The molecule has 1 heterocycles. The highest BCUT2D eigenvalue weighted by atomic mass is 16.3. The topological polar surface area (TPSA) is 35.5 Å². The average molecular weight is 248 g/mol. The molecule has 2 N–H and O–H groups in total. The van der Waals surface area contributed by atoms with E-state index in [1.165, 1.54) is 16.7 Å². The normalized spacial score (nSPS) is 18.8. The monoisotopic (exact) mass is 248 g/mol. The van der Waals surface area contributed by atoms with Crippen molar-refractivity contribution >= 4 is 0 Å². The summed E-state index contributed by atoms with van der Waals surface area (Å²) in [6.45, 7) is 8.77. The van der Waals surface area contributed by atoms with E-state index < -0.39 is 0 Å². The van der Waals surface area contributed by atoms with Crippen LogP contribution in [0.5, 0.6) is 0 Å². The highest BCUT2D eigenvalue weighted by Gasteiger charge is 2.21. The van der Waals surface area contributed by atoms with E-state index in [2.05, 4.69) is 42.3 Å². The fourth-order valence-electron chi connectivity index (χ4n) is 2.88. The van der Waals surface area contributed by atoms with Gasteiger partial charge in [-0.15, -0.1) is 0 Å². The standard InChI is InChI=1S/C15H24N2O/c1-12-9-13(2)11-14(10-12)15(3-8-18)17-6-4-16-5-7-17/h9-11,15-16,18H,3-8H2,1-2H3/t15-/m0/s1. The van der Waals surface area contributed by atoms with Gasteiger partial charge < -0.3 is 10.4 Å². The summed E-state index contributed by atoms with van der Waals surface area (Å²) in [6, 6.07) is 7.08. The van der Waals surface area contributed by atoms with Crippen molar-refractivity contribution in [1.82, 2.24) is 10.2 Å². The summed E-state index contributed by atoms with van der Waals surface area (Å²) in [7, 11) is 0. The Labute approximate surface area is 110 Å². The van der Waals surface area contributed by atoms with E-state index >= 15 is 0 Å². The third-order valence-electron chi connectivity index (χ3n) is 3.62. The zero-order valence-electron chi connectivity index (χ0n) is 11.4. The molecule has 1 saturated heterocycles. The van der Waals surface area contributed by atoms with E-state index in [4.69, 9.17) is 0 Å². The third kappa shape index (κ3) is 3.31. The Balaban J connectivity index is 2.22. The molecular formula is C15H24N2O. The number of rotatable bonds is 4. The first-order valence-electron chi connectivity index (χ1n) is 6.84. The molecule has 100 valence electrons. The molecule has 3 nitrogen and oxygen atoms in total. The van der Waals surface area contributed by atoms with Crippen LogP contribution in [0, 0.1) is 13.8 Å². The van der Waals surface area contributed by atoms with Gasteiger partial charge in [0.2, 0.25) is 0 Å². The summed E-state index contributed by atoms with van der Waals surface area (Å²) in [5, 5.41) is 12.7. The van der Waals surface area contributed by atoms with Crippen LogP contribution in [0.4, 0.5) is 0 Å². The highest BCUT2D eigenvalue weighted by molar-refractivity contribution is 5.30. The molecule has 0 radical (unpaired) electrons. The number of piperazine rings is 1. The van der Waals surface area contributed by atoms with Crippen molar-refractivity contribution in [3.8, 4) is 0 Å².